The van der Waals surface area contributed by atoms with Crippen LogP contribution in [0, 0.1) is 0 Å². The van der Waals surface area contributed by atoms with Gasteiger partial charge in [0.05, 0.1) is 21.3 Å². The number of ether oxygens (including phenoxy) is 3. The van der Waals surface area contributed by atoms with Gasteiger partial charge in [0.1, 0.15) is 12.1 Å². The lowest BCUT2D eigenvalue weighted by Crippen LogP contribution is -2.49. The fourth-order valence-electron chi connectivity index (χ4n) is 3.54. The number of nitrogens with zero attached hydrogens (tertiary/aromatic N) is 5. The average molecular weight is 433 g/mol. The number of nitrogens with one attached hydrogen (secondary N) is 1. The third-order valence-corrected chi connectivity index (χ3v) is 5.20. The predicted molar refractivity (Wildman–Crippen MR) is 110 cm³/mol. The number of aromatic amines is 1. The van der Waals surface area contributed by atoms with Gasteiger partial charge >= 0.3 is 0 Å². The van der Waals surface area contributed by atoms with Crippen LogP contribution >= 0.6 is 11.6 Å². The van der Waals surface area contributed by atoms with Crippen molar-refractivity contribution in [2.75, 3.05) is 52.4 Å². The Morgan fingerprint density at radius 2 is 1.70 bits per heavy atom. The van der Waals surface area contributed by atoms with Crippen LogP contribution in [-0.4, -0.2) is 78.3 Å². The summed E-state index contributed by atoms with van der Waals surface area (Å²) in [4.78, 5) is 32.5. The number of halogens is 1. The molecule has 3 aliphatic rings. The smallest absolute Gasteiger partial charge is 0.254 e. The molecule has 1 amide bonds. The first-order chi connectivity index (χ1) is 14.5. The van der Waals surface area contributed by atoms with Crippen molar-refractivity contribution in [1.29, 1.82) is 0 Å². The highest BCUT2D eigenvalue weighted by Gasteiger charge is 2.27. The molecule has 1 aromatic rings. The van der Waals surface area contributed by atoms with Crippen LogP contribution in [0.1, 0.15) is 10.4 Å². The molecule has 0 aliphatic carbocycles. The number of amides is 1. The Morgan fingerprint density at radius 1 is 1.03 bits per heavy atom. The summed E-state index contributed by atoms with van der Waals surface area (Å²) in [5.41, 5.74) is 1.13. The summed E-state index contributed by atoms with van der Waals surface area (Å²) in [6, 6.07) is 3.32. The number of carbonyl (C=O) groups is 1. The fourth-order valence-corrected chi connectivity index (χ4v) is 3.71. The van der Waals surface area contributed by atoms with Gasteiger partial charge in [0.15, 0.2) is 23.0 Å². The number of methoxy groups -OCH3 is 3. The van der Waals surface area contributed by atoms with Crippen molar-refractivity contribution in [2.45, 2.75) is 0 Å². The van der Waals surface area contributed by atoms with E-state index in [2.05, 4.69) is 24.8 Å². The molecule has 0 unspecified atom stereocenters. The lowest BCUT2D eigenvalue weighted by Gasteiger charge is -2.36. The molecule has 30 heavy (non-hydrogen) atoms. The number of anilines is 1. The lowest BCUT2D eigenvalue weighted by molar-refractivity contribution is 0.0745. The van der Waals surface area contributed by atoms with Crippen LogP contribution in [-0.2, 0) is 0 Å². The molecule has 3 heterocycles. The molecule has 1 saturated heterocycles. The van der Waals surface area contributed by atoms with Gasteiger partial charge in [-0.25, -0.2) is 9.97 Å². The van der Waals surface area contributed by atoms with E-state index < -0.39 is 0 Å². The van der Waals surface area contributed by atoms with Gasteiger partial charge in [-0.3, -0.25) is 4.79 Å². The second kappa shape index (κ2) is 8.23. The summed E-state index contributed by atoms with van der Waals surface area (Å²) in [6.07, 6.45) is 1.45. The van der Waals surface area contributed by atoms with Crippen LogP contribution in [0.25, 0.3) is 11.5 Å². The van der Waals surface area contributed by atoms with Gasteiger partial charge in [0, 0.05) is 31.7 Å². The van der Waals surface area contributed by atoms with E-state index in [0.29, 0.717) is 60.5 Å². The number of H-pyrrole nitrogens is 1. The van der Waals surface area contributed by atoms with Crippen molar-refractivity contribution in [3.8, 4) is 28.8 Å². The monoisotopic (exact) mass is 432 g/mol. The zero-order valence-corrected chi connectivity index (χ0v) is 17.6. The number of carbonyl (C=O) groups excluding carboxylic acids is 1. The molecule has 0 atom stereocenters. The minimum absolute atomic E-state index is 0.108. The van der Waals surface area contributed by atoms with Gasteiger partial charge in [-0.05, 0) is 23.7 Å². The van der Waals surface area contributed by atoms with Gasteiger partial charge in [-0.1, -0.05) is 0 Å². The lowest BCUT2D eigenvalue weighted by atomic mass is 10.1. The molecule has 0 spiro atoms. The third-order valence-electron chi connectivity index (χ3n) is 5.02. The normalized spacial score (nSPS) is 14.1. The molecule has 158 valence electrons. The summed E-state index contributed by atoms with van der Waals surface area (Å²) in [5.74, 6) is 2.47. The van der Waals surface area contributed by atoms with E-state index in [1.54, 1.807) is 17.0 Å². The standard InChI is InChI=1S/C19H21ClN6O4/c1-28-12-8-11(9-13(29-2)15(12)30-3)18(27)26-6-4-25(5-7-26)17-14-16(22-10-21-14)23-19(20)24-17/h8-10H,4-7H2,1-3H3,(H,21,22,23,24). The Labute approximate surface area is 178 Å². The molecule has 10 nitrogen and oxygen atoms in total. The maximum atomic E-state index is 13.1. The summed E-state index contributed by atoms with van der Waals surface area (Å²) < 4.78 is 16.0. The minimum atomic E-state index is -0.108. The first-order valence-corrected chi connectivity index (χ1v) is 9.64. The summed E-state index contributed by atoms with van der Waals surface area (Å²) in [6.45, 7) is 2.27. The molecular formula is C19H21ClN6O4. The zero-order valence-electron chi connectivity index (χ0n) is 16.8. The van der Waals surface area contributed by atoms with Gasteiger partial charge in [0.2, 0.25) is 11.0 Å². The highest BCUT2D eigenvalue weighted by molar-refractivity contribution is 6.28. The second-order valence-corrected chi connectivity index (χ2v) is 6.97. The Morgan fingerprint density at radius 3 is 2.30 bits per heavy atom. The van der Waals surface area contributed by atoms with E-state index in [1.165, 1.54) is 27.7 Å². The van der Waals surface area contributed by atoms with E-state index in [4.69, 9.17) is 25.8 Å². The summed E-state index contributed by atoms with van der Waals surface area (Å²) >= 11 is 6.08. The molecule has 0 bridgehead atoms. The average Bonchev–Trinajstić information content (AvgIpc) is 3.25. The summed E-state index contributed by atoms with van der Waals surface area (Å²) in [5, 5.41) is 0.244. The van der Waals surface area contributed by atoms with E-state index in [1.807, 2.05) is 0 Å². The molecule has 1 fully saturated rings. The largest absolute Gasteiger partial charge is 0.493 e. The zero-order chi connectivity index (χ0) is 21.3. The third kappa shape index (κ3) is 3.54. The maximum absolute atomic E-state index is 13.1. The van der Waals surface area contributed by atoms with E-state index >= 15 is 0 Å². The van der Waals surface area contributed by atoms with Gasteiger partial charge in [-0.15, -0.1) is 0 Å². The summed E-state index contributed by atoms with van der Waals surface area (Å²) in [7, 11) is 4.57. The van der Waals surface area contributed by atoms with Crippen LogP contribution < -0.4 is 19.1 Å². The van der Waals surface area contributed by atoms with Crippen LogP contribution in [0.2, 0.25) is 5.28 Å². The first-order valence-electron chi connectivity index (χ1n) is 9.26. The topological polar surface area (TPSA) is 106 Å². The van der Waals surface area contributed by atoms with Gasteiger partial charge in [0.25, 0.3) is 5.91 Å². The molecule has 0 saturated carbocycles. The van der Waals surface area contributed by atoms with Gasteiger partial charge in [-0.2, -0.15) is 4.98 Å². The van der Waals surface area contributed by atoms with Crippen LogP contribution in [0.5, 0.6) is 17.2 Å². The molecule has 0 radical (unpaired) electrons. The number of imidazole rings is 1. The fraction of sp³-hybridized carbons (Fsp3) is 0.368. The number of rotatable bonds is 5. The molecular weight excluding hydrogens is 412 g/mol. The Kier molecular flexibility index (Phi) is 5.49. The quantitative estimate of drug-likeness (QED) is 0.610. The minimum Gasteiger partial charge on any atom is -0.493 e. The number of aromatic nitrogens is 4. The molecule has 4 rings (SSSR count). The first kappa shape index (κ1) is 20.0. The van der Waals surface area contributed by atoms with E-state index in [0.717, 1.165) is 5.82 Å². The highest BCUT2D eigenvalue weighted by atomic mass is 35.5. The van der Waals surface area contributed by atoms with Crippen molar-refractivity contribution in [3.63, 3.8) is 0 Å². The Bertz CT molecular complexity index is 1010. The molecule has 1 aromatic carbocycles. The number of fused-ring (bicyclic) bond motifs is 1. The number of piperazine rings is 1. The number of hydrogen-bond acceptors (Lipinski definition) is 8. The molecule has 11 heteroatoms. The van der Waals surface area contributed by atoms with Gasteiger partial charge < -0.3 is 29.0 Å². The Balaban J connectivity index is 1.52. The van der Waals surface area contributed by atoms with Crippen molar-refractivity contribution in [2.24, 2.45) is 0 Å². The van der Waals surface area contributed by atoms with Crippen molar-refractivity contribution in [3.05, 3.63) is 29.3 Å². The van der Waals surface area contributed by atoms with Crippen LogP contribution in [0.3, 0.4) is 0 Å². The number of hydrogen-bond donors (Lipinski definition) is 1. The second-order valence-electron chi connectivity index (χ2n) is 6.62. The predicted octanol–water partition coefficient (Wildman–Crippen LogP) is 1.95. The van der Waals surface area contributed by atoms with E-state index in [9.17, 15) is 4.79 Å². The molecule has 3 aliphatic heterocycles. The highest BCUT2D eigenvalue weighted by Crippen LogP contribution is 2.38. The van der Waals surface area contributed by atoms with Crippen molar-refractivity contribution < 1.29 is 19.0 Å². The SMILES string of the molecule is COc1cc(C(=O)N2CCN(c3[nH]c(Cl)nc4ncnc3-4)CC2)cc(OC)c1OC. The number of benzene rings is 1. The van der Waals surface area contributed by atoms with Crippen molar-refractivity contribution in [1.82, 2.24) is 24.8 Å². The van der Waals surface area contributed by atoms with Crippen LogP contribution in [0.15, 0.2) is 18.5 Å². The molecule has 1 N–H and O–H groups in total. The van der Waals surface area contributed by atoms with Crippen molar-refractivity contribution >= 4 is 23.3 Å². The van der Waals surface area contributed by atoms with Crippen LogP contribution in [0.4, 0.5) is 5.82 Å². The van der Waals surface area contributed by atoms with E-state index in [-0.39, 0.29) is 11.2 Å². The maximum Gasteiger partial charge on any atom is 0.254 e. The molecule has 0 aromatic heterocycles. The Hall–Kier alpha value is -3.27.